The van der Waals surface area contributed by atoms with E-state index in [1.807, 2.05) is 18.2 Å². The van der Waals surface area contributed by atoms with Crippen molar-refractivity contribution in [3.8, 4) is 6.07 Å². The smallest absolute Gasteiger partial charge is 0.0994 e. The van der Waals surface area contributed by atoms with E-state index in [1.165, 1.54) is 0 Å². The Kier molecular flexibility index (Phi) is 6.10. The molecule has 0 aromatic heterocycles. The van der Waals surface area contributed by atoms with E-state index in [-0.39, 0.29) is 21.1 Å². The molecule has 0 aliphatic carbocycles. The second-order valence-corrected chi connectivity index (χ2v) is 2.63. The molecule has 0 bridgehead atoms. The van der Waals surface area contributed by atoms with Crippen molar-refractivity contribution >= 4 is 11.9 Å². The molecule has 0 saturated carbocycles. The average Bonchev–Trinajstić information content (AvgIpc) is 2.06. The van der Waals surface area contributed by atoms with E-state index in [9.17, 15) is 0 Å². The third-order valence-corrected chi connectivity index (χ3v) is 1.82. The van der Waals surface area contributed by atoms with Crippen LogP contribution < -0.4 is 0 Å². The summed E-state index contributed by atoms with van der Waals surface area (Å²) in [5.74, 6) is 0.587. The second-order valence-electron chi connectivity index (χ2n) is 2.06. The molecule has 0 heterocycles. The molecule has 0 fully saturated rings. The predicted molar refractivity (Wildman–Crippen MR) is 46.8 cm³/mol. The molecule has 62 valence electrons. The van der Waals surface area contributed by atoms with E-state index in [0.29, 0.717) is 11.3 Å². The Hall–Kier alpha value is -0.292. The van der Waals surface area contributed by atoms with Crippen LogP contribution in [0.25, 0.3) is 5.14 Å². The average molecular weight is 347 g/mol. The summed E-state index contributed by atoms with van der Waals surface area (Å²) in [6.07, 6.45) is 0. The summed E-state index contributed by atoms with van der Waals surface area (Å²) in [6, 6.07) is 9.44. The Bertz CT molecular complexity index is 283. The Morgan fingerprint density at radius 2 is 2.08 bits per heavy atom. The molecule has 0 radical (unpaired) electrons. The quantitative estimate of drug-likeness (QED) is 0.773. The number of hydrogen-bond donors (Lipinski definition) is 0. The maximum Gasteiger partial charge on any atom is 0.0994 e. The third kappa shape index (κ3) is 2.98. The van der Waals surface area contributed by atoms with Gasteiger partial charge < -0.3 is 5.14 Å². The molecular weight excluding hydrogens is 340 g/mol. The second kappa shape index (κ2) is 6.25. The molecular formula is C8H7N2SW-. The first kappa shape index (κ1) is 11.7. The van der Waals surface area contributed by atoms with Crippen LogP contribution in [-0.4, -0.2) is 0 Å². The SMILES string of the molecule is N#Cc1ccccc1CS[NH-].[W]. The molecule has 0 atom stereocenters. The van der Waals surface area contributed by atoms with Crippen LogP contribution in [0.4, 0.5) is 0 Å². The zero-order chi connectivity index (χ0) is 8.10. The summed E-state index contributed by atoms with van der Waals surface area (Å²) in [4.78, 5) is 0. The van der Waals surface area contributed by atoms with Crippen LogP contribution in [0.3, 0.4) is 0 Å². The molecule has 1 aromatic rings. The van der Waals surface area contributed by atoms with Crippen molar-refractivity contribution in [2.45, 2.75) is 5.75 Å². The zero-order valence-electron chi connectivity index (χ0n) is 6.28. The van der Waals surface area contributed by atoms with E-state index >= 15 is 0 Å². The molecule has 1 rings (SSSR count). The Morgan fingerprint density at radius 1 is 1.42 bits per heavy atom. The predicted octanol–water partition coefficient (Wildman–Crippen LogP) is 2.76. The van der Waals surface area contributed by atoms with Gasteiger partial charge in [-0.25, -0.2) is 0 Å². The van der Waals surface area contributed by atoms with Crippen LogP contribution >= 0.6 is 11.9 Å². The summed E-state index contributed by atoms with van der Waals surface area (Å²) < 4.78 is 0. The summed E-state index contributed by atoms with van der Waals surface area (Å²) in [6.45, 7) is 0. The number of benzene rings is 1. The zero-order valence-corrected chi connectivity index (χ0v) is 10.0. The molecule has 0 amide bonds. The van der Waals surface area contributed by atoms with Gasteiger partial charge in [-0.15, -0.1) is 0 Å². The molecule has 0 unspecified atom stereocenters. The molecule has 1 aromatic carbocycles. The number of rotatable bonds is 2. The van der Waals surface area contributed by atoms with Crippen LogP contribution in [-0.2, 0) is 26.8 Å². The minimum absolute atomic E-state index is 0. The summed E-state index contributed by atoms with van der Waals surface area (Å²) in [7, 11) is 0. The molecule has 2 nitrogen and oxygen atoms in total. The van der Waals surface area contributed by atoms with Gasteiger partial charge in [-0.3, -0.25) is 11.9 Å². The van der Waals surface area contributed by atoms with Gasteiger partial charge in [-0.05, 0) is 17.4 Å². The van der Waals surface area contributed by atoms with Gasteiger partial charge in [0.1, 0.15) is 0 Å². The maximum atomic E-state index is 8.62. The third-order valence-electron chi connectivity index (χ3n) is 1.37. The number of nitriles is 1. The number of nitrogens with one attached hydrogen (secondary N) is 1. The monoisotopic (exact) mass is 347 g/mol. The topological polar surface area (TPSA) is 47.6 Å². The Morgan fingerprint density at radius 3 is 2.67 bits per heavy atom. The Balaban J connectivity index is 0.00000121. The van der Waals surface area contributed by atoms with Gasteiger partial charge in [0.05, 0.1) is 11.6 Å². The fourth-order valence-corrected chi connectivity index (χ4v) is 1.24. The fraction of sp³-hybridized carbons (Fsp3) is 0.125. The van der Waals surface area contributed by atoms with E-state index in [0.717, 1.165) is 17.5 Å². The minimum atomic E-state index is 0. The number of nitrogens with zero attached hydrogens (tertiary/aromatic N) is 1. The van der Waals surface area contributed by atoms with Gasteiger partial charge in [0.2, 0.25) is 0 Å². The molecule has 12 heavy (non-hydrogen) atoms. The molecule has 0 aliphatic rings. The van der Waals surface area contributed by atoms with Crippen molar-refractivity contribution in [3.05, 3.63) is 40.5 Å². The number of hydrogen-bond acceptors (Lipinski definition) is 2. The maximum absolute atomic E-state index is 8.62. The van der Waals surface area contributed by atoms with Crippen molar-refractivity contribution in [2.75, 3.05) is 0 Å². The van der Waals surface area contributed by atoms with Gasteiger partial charge in [-0.1, -0.05) is 18.2 Å². The van der Waals surface area contributed by atoms with Crippen LogP contribution in [0.1, 0.15) is 11.1 Å². The molecule has 0 saturated heterocycles. The van der Waals surface area contributed by atoms with Crippen molar-refractivity contribution in [1.82, 2.24) is 0 Å². The van der Waals surface area contributed by atoms with Crippen LogP contribution in [0, 0.1) is 11.3 Å². The first-order chi connectivity index (χ1) is 5.38. The van der Waals surface area contributed by atoms with Crippen molar-refractivity contribution in [1.29, 1.82) is 5.26 Å². The van der Waals surface area contributed by atoms with E-state index < -0.39 is 0 Å². The minimum Gasteiger partial charge on any atom is -0.621 e. The fourth-order valence-electron chi connectivity index (χ4n) is 0.833. The molecule has 1 N–H and O–H groups in total. The first-order valence-electron chi connectivity index (χ1n) is 3.15. The van der Waals surface area contributed by atoms with Crippen LogP contribution in [0.2, 0.25) is 0 Å². The van der Waals surface area contributed by atoms with Crippen LogP contribution in [0.5, 0.6) is 0 Å². The molecule has 0 spiro atoms. The summed E-state index contributed by atoms with van der Waals surface area (Å²) in [5, 5.41) is 15.5. The van der Waals surface area contributed by atoms with Gasteiger partial charge in [0, 0.05) is 21.1 Å². The standard InChI is InChI=1S/C8H7N2S.W/c9-5-7-3-1-2-4-8(7)6-11-10;/h1-4,10H,6H2;/q-1;. The normalized spacial score (nSPS) is 8.33. The molecule has 4 heteroatoms. The van der Waals surface area contributed by atoms with Crippen LogP contribution in [0.15, 0.2) is 24.3 Å². The largest absolute Gasteiger partial charge is 0.621 e. The van der Waals surface area contributed by atoms with E-state index in [2.05, 4.69) is 6.07 Å². The Labute approximate surface area is 90.5 Å². The van der Waals surface area contributed by atoms with Gasteiger partial charge in [-0.2, -0.15) is 5.26 Å². The van der Waals surface area contributed by atoms with Gasteiger partial charge in [0.25, 0.3) is 0 Å². The molecule has 0 aliphatic heterocycles. The van der Waals surface area contributed by atoms with Crippen molar-refractivity contribution < 1.29 is 21.1 Å². The summed E-state index contributed by atoms with van der Waals surface area (Å²) in [5.41, 5.74) is 1.61. The van der Waals surface area contributed by atoms with E-state index in [4.69, 9.17) is 10.4 Å². The van der Waals surface area contributed by atoms with E-state index in [1.54, 1.807) is 6.07 Å². The summed E-state index contributed by atoms with van der Waals surface area (Å²) >= 11 is 0.983. The van der Waals surface area contributed by atoms with Crippen molar-refractivity contribution in [3.63, 3.8) is 0 Å². The van der Waals surface area contributed by atoms with Crippen molar-refractivity contribution in [2.24, 2.45) is 0 Å². The van der Waals surface area contributed by atoms with Gasteiger partial charge >= 0.3 is 0 Å². The van der Waals surface area contributed by atoms with Gasteiger partial charge in [0.15, 0.2) is 0 Å². The first-order valence-corrected chi connectivity index (χ1v) is 4.13.